The van der Waals surface area contributed by atoms with Crippen LogP contribution in [0, 0.1) is 11.3 Å². The zero-order valence-corrected chi connectivity index (χ0v) is 11.9. The van der Waals surface area contributed by atoms with Crippen molar-refractivity contribution in [2.24, 2.45) is 0 Å². The van der Waals surface area contributed by atoms with Gasteiger partial charge in [0.05, 0.1) is 29.5 Å². The van der Waals surface area contributed by atoms with E-state index in [0.717, 1.165) is 30.0 Å². The summed E-state index contributed by atoms with van der Waals surface area (Å²) in [4.78, 5) is 0. The second-order valence-electron chi connectivity index (χ2n) is 4.30. The summed E-state index contributed by atoms with van der Waals surface area (Å²) in [5.74, 6) is 0.889. The van der Waals surface area contributed by atoms with E-state index in [9.17, 15) is 0 Å². The van der Waals surface area contributed by atoms with E-state index in [4.69, 9.17) is 21.6 Å². The first-order valence-corrected chi connectivity index (χ1v) is 6.68. The van der Waals surface area contributed by atoms with Gasteiger partial charge in [-0.2, -0.15) is 5.26 Å². The van der Waals surface area contributed by atoms with E-state index in [0.29, 0.717) is 10.6 Å². The highest BCUT2D eigenvalue weighted by atomic mass is 35.5. The average molecular weight is 287 g/mol. The van der Waals surface area contributed by atoms with Gasteiger partial charge in [0.25, 0.3) is 0 Å². The fourth-order valence-corrected chi connectivity index (χ4v) is 2.22. The van der Waals surface area contributed by atoms with Crippen LogP contribution in [0.4, 0.5) is 5.69 Å². The van der Waals surface area contributed by atoms with Crippen LogP contribution in [0.15, 0.2) is 42.5 Å². The molecule has 0 spiro atoms. The summed E-state index contributed by atoms with van der Waals surface area (Å²) in [7, 11) is 1.67. The van der Waals surface area contributed by atoms with Gasteiger partial charge in [-0.05, 0) is 36.2 Å². The van der Waals surface area contributed by atoms with Crippen LogP contribution in [0.25, 0.3) is 0 Å². The maximum atomic E-state index is 8.79. The van der Waals surface area contributed by atoms with Crippen LogP contribution in [-0.4, -0.2) is 13.7 Å². The highest BCUT2D eigenvalue weighted by Gasteiger charge is 2.03. The molecule has 0 atom stereocenters. The lowest BCUT2D eigenvalue weighted by atomic mass is 10.1. The number of anilines is 1. The lowest BCUT2D eigenvalue weighted by molar-refractivity contribution is 0.410. The Morgan fingerprint density at radius 1 is 1.25 bits per heavy atom. The van der Waals surface area contributed by atoms with Gasteiger partial charge in [0.2, 0.25) is 0 Å². The molecule has 0 saturated heterocycles. The number of nitrogens with one attached hydrogen (secondary N) is 1. The number of nitriles is 1. The molecule has 0 amide bonds. The van der Waals surface area contributed by atoms with Gasteiger partial charge in [-0.1, -0.05) is 29.8 Å². The van der Waals surface area contributed by atoms with E-state index in [-0.39, 0.29) is 0 Å². The maximum Gasteiger partial charge on any atom is 0.122 e. The Morgan fingerprint density at radius 2 is 2.05 bits per heavy atom. The van der Waals surface area contributed by atoms with Gasteiger partial charge < -0.3 is 10.1 Å². The molecule has 0 aliphatic heterocycles. The summed E-state index contributed by atoms with van der Waals surface area (Å²) in [6.07, 6.45) is 0.834. The summed E-state index contributed by atoms with van der Waals surface area (Å²) in [5, 5.41) is 12.6. The summed E-state index contributed by atoms with van der Waals surface area (Å²) in [6.45, 7) is 0.742. The van der Waals surface area contributed by atoms with Crippen LogP contribution in [0.5, 0.6) is 5.75 Å². The largest absolute Gasteiger partial charge is 0.496 e. The van der Waals surface area contributed by atoms with Crippen LogP contribution < -0.4 is 10.1 Å². The van der Waals surface area contributed by atoms with Crippen LogP contribution in [-0.2, 0) is 6.42 Å². The minimum absolute atomic E-state index is 0.559. The molecule has 4 heteroatoms. The average Bonchev–Trinajstić information content (AvgIpc) is 2.49. The third-order valence-corrected chi connectivity index (χ3v) is 3.31. The Labute approximate surface area is 123 Å². The van der Waals surface area contributed by atoms with E-state index in [1.54, 1.807) is 19.2 Å². The Balaban J connectivity index is 1.98. The molecule has 0 aliphatic rings. The molecule has 1 N–H and O–H groups in total. The van der Waals surface area contributed by atoms with Crippen molar-refractivity contribution in [1.29, 1.82) is 5.26 Å². The van der Waals surface area contributed by atoms with E-state index in [1.165, 1.54) is 0 Å². The first kappa shape index (κ1) is 14.2. The number of nitrogens with zero attached hydrogens (tertiary/aromatic N) is 1. The quantitative estimate of drug-likeness (QED) is 0.907. The second-order valence-corrected chi connectivity index (χ2v) is 4.70. The molecule has 0 bridgehead atoms. The van der Waals surface area contributed by atoms with Crippen LogP contribution in [0.2, 0.25) is 5.02 Å². The SMILES string of the molecule is COc1ccccc1CCNc1ccc(C#N)cc1Cl. The Hall–Kier alpha value is -2.18. The molecule has 0 heterocycles. The number of para-hydroxylation sites is 1. The van der Waals surface area contributed by atoms with Crippen molar-refractivity contribution < 1.29 is 4.74 Å². The first-order chi connectivity index (χ1) is 9.74. The smallest absolute Gasteiger partial charge is 0.122 e. The van der Waals surface area contributed by atoms with Crippen LogP contribution >= 0.6 is 11.6 Å². The molecule has 102 valence electrons. The molecule has 2 aromatic rings. The molecular formula is C16H15ClN2O. The van der Waals surface area contributed by atoms with Crippen LogP contribution in [0.3, 0.4) is 0 Å². The highest BCUT2D eigenvalue weighted by Crippen LogP contribution is 2.23. The molecule has 0 unspecified atom stereocenters. The molecule has 0 aliphatic carbocycles. The Morgan fingerprint density at radius 3 is 2.75 bits per heavy atom. The molecule has 3 nitrogen and oxygen atoms in total. The third-order valence-electron chi connectivity index (χ3n) is 3.00. The fourth-order valence-electron chi connectivity index (χ4n) is 1.97. The second kappa shape index (κ2) is 6.83. The summed E-state index contributed by atoms with van der Waals surface area (Å²) in [5.41, 5.74) is 2.54. The normalized spacial score (nSPS) is 9.85. The third kappa shape index (κ3) is 3.43. The van der Waals surface area contributed by atoms with Gasteiger partial charge in [-0.15, -0.1) is 0 Å². The fraction of sp³-hybridized carbons (Fsp3) is 0.188. The summed E-state index contributed by atoms with van der Waals surface area (Å²) >= 11 is 6.11. The predicted octanol–water partition coefficient (Wildman–Crippen LogP) is 3.87. The van der Waals surface area contributed by atoms with Gasteiger partial charge in [0.15, 0.2) is 0 Å². The molecule has 20 heavy (non-hydrogen) atoms. The van der Waals surface area contributed by atoms with E-state index >= 15 is 0 Å². The number of hydrogen-bond donors (Lipinski definition) is 1. The van der Waals surface area contributed by atoms with Crippen molar-refractivity contribution >= 4 is 17.3 Å². The summed E-state index contributed by atoms with van der Waals surface area (Å²) in [6, 6.07) is 15.2. The van der Waals surface area contributed by atoms with Gasteiger partial charge in [-0.25, -0.2) is 0 Å². The van der Waals surface area contributed by atoms with Gasteiger partial charge in [0, 0.05) is 6.54 Å². The van der Waals surface area contributed by atoms with Crippen molar-refractivity contribution in [1.82, 2.24) is 0 Å². The topological polar surface area (TPSA) is 45.0 Å². The zero-order chi connectivity index (χ0) is 14.4. The standard InChI is InChI=1S/C16H15ClN2O/c1-20-16-5-3-2-4-13(16)8-9-19-15-7-6-12(11-18)10-14(15)17/h2-7,10,19H,8-9H2,1H3. The number of hydrogen-bond acceptors (Lipinski definition) is 3. The molecule has 0 radical (unpaired) electrons. The van der Waals surface area contributed by atoms with Gasteiger partial charge >= 0.3 is 0 Å². The first-order valence-electron chi connectivity index (χ1n) is 6.30. The van der Waals surface area contributed by atoms with E-state index in [1.807, 2.05) is 30.3 Å². The molecule has 0 fully saturated rings. The number of rotatable bonds is 5. The lowest BCUT2D eigenvalue weighted by Gasteiger charge is -2.11. The highest BCUT2D eigenvalue weighted by molar-refractivity contribution is 6.33. The van der Waals surface area contributed by atoms with Crippen LogP contribution in [0.1, 0.15) is 11.1 Å². The van der Waals surface area contributed by atoms with E-state index in [2.05, 4.69) is 11.4 Å². The number of halogens is 1. The number of benzene rings is 2. The maximum absolute atomic E-state index is 8.79. The minimum Gasteiger partial charge on any atom is -0.496 e. The van der Waals surface area contributed by atoms with Crippen molar-refractivity contribution in [3.63, 3.8) is 0 Å². The van der Waals surface area contributed by atoms with Crippen molar-refractivity contribution in [3.05, 3.63) is 58.6 Å². The van der Waals surface area contributed by atoms with Crippen molar-refractivity contribution in [2.45, 2.75) is 6.42 Å². The number of methoxy groups -OCH3 is 1. The van der Waals surface area contributed by atoms with Crippen molar-refractivity contribution in [2.75, 3.05) is 19.0 Å². The minimum atomic E-state index is 0.559. The molecule has 2 rings (SSSR count). The zero-order valence-electron chi connectivity index (χ0n) is 11.2. The monoisotopic (exact) mass is 286 g/mol. The Bertz CT molecular complexity index is 635. The molecule has 0 saturated carbocycles. The molecule has 2 aromatic carbocycles. The number of ether oxygens (including phenoxy) is 1. The molecule has 0 aromatic heterocycles. The molecular weight excluding hydrogens is 272 g/mol. The predicted molar refractivity (Wildman–Crippen MR) is 81.4 cm³/mol. The van der Waals surface area contributed by atoms with Crippen molar-refractivity contribution in [3.8, 4) is 11.8 Å². The summed E-state index contributed by atoms with van der Waals surface area (Å²) < 4.78 is 5.31. The van der Waals surface area contributed by atoms with Gasteiger partial charge in [0.1, 0.15) is 5.75 Å². The Kier molecular flexibility index (Phi) is 4.86. The lowest BCUT2D eigenvalue weighted by Crippen LogP contribution is -2.06. The van der Waals surface area contributed by atoms with Gasteiger partial charge in [-0.3, -0.25) is 0 Å². The van der Waals surface area contributed by atoms with E-state index < -0.39 is 0 Å².